The van der Waals surface area contributed by atoms with E-state index in [4.69, 9.17) is 9.84 Å². The van der Waals surface area contributed by atoms with Crippen molar-refractivity contribution in [2.45, 2.75) is 19.1 Å². The summed E-state index contributed by atoms with van der Waals surface area (Å²) in [6.07, 6.45) is -0.490. The molecule has 0 aliphatic carbocycles. The summed E-state index contributed by atoms with van der Waals surface area (Å²) >= 11 is 4.01. The van der Waals surface area contributed by atoms with Crippen molar-refractivity contribution in [3.05, 3.63) is 35.9 Å². The lowest BCUT2D eigenvalue weighted by Crippen LogP contribution is -2.48. The Labute approximate surface area is 133 Å². The number of rotatable bonds is 8. The van der Waals surface area contributed by atoms with E-state index in [9.17, 15) is 14.4 Å². The Bertz CT molecular complexity index is 509. The fraction of sp³-hybridized carbons (Fsp3) is 0.357. The molecule has 0 heterocycles. The van der Waals surface area contributed by atoms with Crippen molar-refractivity contribution in [3.63, 3.8) is 0 Å². The number of thiol groups is 1. The Morgan fingerprint density at radius 1 is 1.23 bits per heavy atom. The minimum Gasteiger partial charge on any atom is -0.480 e. The van der Waals surface area contributed by atoms with Crippen LogP contribution in [0.5, 0.6) is 0 Å². The van der Waals surface area contributed by atoms with Gasteiger partial charge in [0.2, 0.25) is 5.91 Å². The van der Waals surface area contributed by atoms with E-state index in [1.807, 2.05) is 18.2 Å². The number of carboxylic acids is 1. The second kappa shape index (κ2) is 9.67. The molecule has 7 nitrogen and oxygen atoms in total. The van der Waals surface area contributed by atoms with E-state index in [0.29, 0.717) is 5.75 Å². The number of benzene rings is 1. The van der Waals surface area contributed by atoms with Crippen molar-refractivity contribution in [3.8, 4) is 0 Å². The van der Waals surface area contributed by atoms with Gasteiger partial charge in [0.15, 0.2) is 0 Å². The third-order valence-electron chi connectivity index (χ3n) is 2.65. The molecule has 0 aliphatic rings. The molecule has 0 aromatic heterocycles. The van der Waals surface area contributed by atoms with Gasteiger partial charge in [0, 0.05) is 0 Å². The summed E-state index contributed by atoms with van der Waals surface area (Å²) in [5.41, 5.74) is 0.818. The van der Waals surface area contributed by atoms with Gasteiger partial charge in [0.1, 0.15) is 19.2 Å². The highest BCUT2D eigenvalue weighted by Crippen LogP contribution is 2.02. The first-order valence-electron chi connectivity index (χ1n) is 6.60. The largest absolute Gasteiger partial charge is 0.480 e. The summed E-state index contributed by atoms with van der Waals surface area (Å²) in [6, 6.07) is 8.20. The van der Waals surface area contributed by atoms with Gasteiger partial charge in [-0.15, -0.1) is 0 Å². The van der Waals surface area contributed by atoms with Crippen LogP contribution in [0.2, 0.25) is 0 Å². The average Bonchev–Trinajstić information content (AvgIpc) is 2.51. The molecule has 1 aromatic rings. The van der Waals surface area contributed by atoms with Crippen molar-refractivity contribution in [1.82, 2.24) is 10.6 Å². The lowest BCUT2D eigenvalue weighted by atomic mass is 10.2. The molecule has 0 saturated carbocycles. The predicted molar refractivity (Wildman–Crippen MR) is 82.7 cm³/mol. The maximum Gasteiger partial charge on any atom is 0.408 e. The number of carbonyl (C=O) groups excluding carboxylic acids is 2. The van der Waals surface area contributed by atoms with Gasteiger partial charge < -0.3 is 20.5 Å². The quantitative estimate of drug-likeness (QED) is 0.529. The minimum absolute atomic E-state index is 0.0804. The molecule has 0 spiro atoms. The molecule has 1 aromatic carbocycles. The van der Waals surface area contributed by atoms with Crippen molar-refractivity contribution in [2.24, 2.45) is 0 Å². The summed E-state index contributed by atoms with van der Waals surface area (Å²) < 4.78 is 5.01. The first-order valence-corrected chi connectivity index (χ1v) is 7.23. The highest BCUT2D eigenvalue weighted by Gasteiger charge is 2.21. The number of alkyl carbamates (subject to hydrolysis) is 1. The van der Waals surface area contributed by atoms with E-state index >= 15 is 0 Å². The van der Waals surface area contributed by atoms with Crippen LogP contribution in [0.15, 0.2) is 30.3 Å². The van der Waals surface area contributed by atoms with Crippen LogP contribution in [-0.2, 0) is 20.9 Å². The summed E-state index contributed by atoms with van der Waals surface area (Å²) in [5, 5.41) is 13.1. The molecule has 22 heavy (non-hydrogen) atoms. The second-order valence-electron chi connectivity index (χ2n) is 4.38. The molecular formula is C14H18N2O5S. The summed E-state index contributed by atoms with van der Waals surface area (Å²) in [7, 11) is 0. The molecule has 1 rings (SSSR count). The van der Waals surface area contributed by atoms with Gasteiger partial charge in [-0.05, 0) is 17.7 Å². The molecule has 0 radical (unpaired) electrons. The number of nitrogens with one attached hydrogen (secondary N) is 2. The van der Waals surface area contributed by atoms with Gasteiger partial charge in [-0.1, -0.05) is 30.3 Å². The van der Waals surface area contributed by atoms with E-state index in [0.717, 1.165) is 5.56 Å². The zero-order valence-electron chi connectivity index (χ0n) is 11.8. The van der Waals surface area contributed by atoms with Gasteiger partial charge >= 0.3 is 12.1 Å². The zero-order chi connectivity index (χ0) is 16.4. The van der Waals surface area contributed by atoms with E-state index in [2.05, 4.69) is 23.3 Å². The summed E-state index contributed by atoms with van der Waals surface area (Å²) in [6.45, 7) is -0.431. The second-order valence-corrected chi connectivity index (χ2v) is 4.83. The van der Waals surface area contributed by atoms with E-state index in [1.165, 1.54) is 0 Å². The maximum absolute atomic E-state index is 11.8. The SMILES string of the molecule is O=C(O)CNC(=O)[C@@H](CCS)NC(=O)OCc1ccccc1. The fourth-order valence-electron chi connectivity index (χ4n) is 1.59. The molecule has 1 atom stereocenters. The Morgan fingerprint density at radius 3 is 2.50 bits per heavy atom. The highest BCUT2D eigenvalue weighted by atomic mass is 32.1. The van der Waals surface area contributed by atoms with Gasteiger partial charge in [-0.2, -0.15) is 12.6 Å². The predicted octanol–water partition coefficient (Wildman–Crippen LogP) is 0.802. The number of carbonyl (C=O) groups is 3. The normalized spacial score (nSPS) is 11.3. The van der Waals surface area contributed by atoms with Gasteiger partial charge in [0.05, 0.1) is 0 Å². The summed E-state index contributed by atoms with van der Waals surface area (Å²) in [5.74, 6) is -1.40. The first kappa shape index (κ1) is 17.8. The Morgan fingerprint density at radius 2 is 1.91 bits per heavy atom. The Balaban J connectivity index is 2.45. The lowest BCUT2D eigenvalue weighted by Gasteiger charge is -2.17. The van der Waals surface area contributed by atoms with Gasteiger partial charge in [-0.25, -0.2) is 4.79 Å². The number of hydrogen-bond donors (Lipinski definition) is 4. The van der Waals surface area contributed by atoms with Crippen LogP contribution in [0.4, 0.5) is 4.79 Å². The van der Waals surface area contributed by atoms with E-state index in [1.54, 1.807) is 12.1 Å². The number of hydrogen-bond acceptors (Lipinski definition) is 5. The van der Waals surface area contributed by atoms with Crippen LogP contribution in [0.3, 0.4) is 0 Å². The standard InChI is InChI=1S/C14H18N2O5S/c17-12(18)8-15-13(19)11(6-7-22)16-14(20)21-9-10-4-2-1-3-5-10/h1-5,11,22H,6-9H2,(H,15,19)(H,16,20)(H,17,18)/t11-/m1/s1. The van der Waals surface area contributed by atoms with Gasteiger partial charge in [-0.3, -0.25) is 9.59 Å². The number of carboxylic acid groups (broad SMARTS) is 1. The molecule has 0 aliphatic heterocycles. The van der Waals surface area contributed by atoms with Gasteiger partial charge in [0.25, 0.3) is 0 Å². The average molecular weight is 326 g/mol. The van der Waals surface area contributed by atoms with Crippen molar-refractivity contribution >= 4 is 30.6 Å². The number of ether oxygens (including phenoxy) is 1. The van der Waals surface area contributed by atoms with Crippen molar-refractivity contribution < 1.29 is 24.2 Å². The molecule has 120 valence electrons. The number of aliphatic carboxylic acids is 1. The number of amides is 2. The topological polar surface area (TPSA) is 105 Å². The molecule has 3 N–H and O–H groups in total. The van der Waals surface area contributed by atoms with Crippen molar-refractivity contribution in [1.29, 1.82) is 0 Å². The Kier molecular flexibility index (Phi) is 7.84. The summed E-state index contributed by atoms with van der Waals surface area (Å²) in [4.78, 5) is 33.9. The van der Waals surface area contributed by atoms with Crippen LogP contribution < -0.4 is 10.6 Å². The van der Waals surface area contributed by atoms with Crippen LogP contribution in [0.25, 0.3) is 0 Å². The molecule has 0 bridgehead atoms. The molecular weight excluding hydrogens is 308 g/mol. The zero-order valence-corrected chi connectivity index (χ0v) is 12.7. The van der Waals surface area contributed by atoms with E-state index < -0.39 is 30.6 Å². The maximum atomic E-state index is 11.8. The molecule has 2 amide bonds. The molecule has 0 unspecified atom stereocenters. The van der Waals surface area contributed by atoms with Crippen LogP contribution in [0.1, 0.15) is 12.0 Å². The molecule has 8 heteroatoms. The minimum atomic E-state index is -1.16. The lowest BCUT2D eigenvalue weighted by molar-refractivity contribution is -0.138. The fourth-order valence-corrected chi connectivity index (χ4v) is 1.85. The Hall–Kier alpha value is -2.22. The smallest absolute Gasteiger partial charge is 0.408 e. The molecule has 0 fully saturated rings. The molecule has 0 saturated heterocycles. The van der Waals surface area contributed by atoms with E-state index in [-0.39, 0.29) is 13.0 Å². The van der Waals surface area contributed by atoms with Crippen LogP contribution >= 0.6 is 12.6 Å². The highest BCUT2D eigenvalue weighted by molar-refractivity contribution is 7.80. The van der Waals surface area contributed by atoms with Crippen LogP contribution in [0, 0.1) is 0 Å². The van der Waals surface area contributed by atoms with Crippen molar-refractivity contribution in [2.75, 3.05) is 12.3 Å². The third-order valence-corrected chi connectivity index (χ3v) is 2.91. The first-order chi connectivity index (χ1) is 10.5. The monoisotopic (exact) mass is 326 g/mol. The third kappa shape index (κ3) is 6.98. The van der Waals surface area contributed by atoms with Crippen LogP contribution in [-0.4, -0.2) is 41.4 Å².